The molecule has 0 radical (unpaired) electrons. The van der Waals surface area contributed by atoms with Crippen molar-refractivity contribution in [3.63, 3.8) is 0 Å². The summed E-state index contributed by atoms with van der Waals surface area (Å²) in [6.45, 7) is 3.85. The Morgan fingerprint density at radius 1 is 1.38 bits per heavy atom. The third-order valence-corrected chi connectivity index (χ3v) is 4.37. The van der Waals surface area contributed by atoms with Gasteiger partial charge in [0.1, 0.15) is 4.88 Å². The van der Waals surface area contributed by atoms with Crippen LogP contribution in [0.5, 0.6) is 0 Å². The van der Waals surface area contributed by atoms with Crippen LogP contribution in [0.3, 0.4) is 0 Å². The van der Waals surface area contributed by atoms with Crippen LogP contribution >= 0.6 is 11.3 Å². The van der Waals surface area contributed by atoms with Crippen molar-refractivity contribution in [3.8, 4) is 0 Å². The van der Waals surface area contributed by atoms with E-state index in [4.69, 9.17) is 0 Å². The lowest BCUT2D eigenvalue weighted by Gasteiger charge is -2.12. The molecule has 0 aliphatic rings. The van der Waals surface area contributed by atoms with E-state index in [-0.39, 0.29) is 11.9 Å². The summed E-state index contributed by atoms with van der Waals surface area (Å²) < 4.78 is 6.39. The number of hydrogen-bond acceptors (Lipinski definition) is 5. The number of amides is 1. The van der Waals surface area contributed by atoms with E-state index < -0.39 is 5.97 Å². The predicted molar refractivity (Wildman–Crippen MR) is 79.5 cm³/mol. The van der Waals surface area contributed by atoms with Crippen LogP contribution in [0.25, 0.3) is 0 Å². The number of carbonyl (C=O) groups excluding carboxylic acids is 2. The number of hydrogen-bond donors (Lipinski definition) is 1. The summed E-state index contributed by atoms with van der Waals surface area (Å²) in [5.74, 6) is -0.652. The van der Waals surface area contributed by atoms with Gasteiger partial charge >= 0.3 is 5.97 Å². The highest BCUT2D eigenvalue weighted by molar-refractivity contribution is 7.15. The molecule has 6 nitrogen and oxygen atoms in total. The Morgan fingerprint density at radius 3 is 2.62 bits per heavy atom. The summed E-state index contributed by atoms with van der Waals surface area (Å²) in [6.07, 6.45) is 1.74. The Labute approximate surface area is 126 Å². The van der Waals surface area contributed by atoms with Crippen LogP contribution in [0.15, 0.2) is 18.3 Å². The van der Waals surface area contributed by atoms with E-state index in [1.807, 2.05) is 20.9 Å². The van der Waals surface area contributed by atoms with Crippen molar-refractivity contribution in [2.24, 2.45) is 7.05 Å². The largest absolute Gasteiger partial charge is 0.465 e. The second kappa shape index (κ2) is 6.09. The van der Waals surface area contributed by atoms with Crippen molar-refractivity contribution in [3.05, 3.63) is 39.3 Å². The zero-order valence-electron chi connectivity index (χ0n) is 12.3. The number of nitrogens with zero attached hydrogens (tertiary/aromatic N) is 2. The van der Waals surface area contributed by atoms with Gasteiger partial charge in [-0.3, -0.25) is 9.48 Å². The maximum atomic E-state index is 12.2. The number of esters is 1. The van der Waals surface area contributed by atoms with Crippen LogP contribution in [0, 0.1) is 6.92 Å². The molecule has 0 aromatic carbocycles. The SMILES string of the molecule is COC(=O)c1ccc(C(=O)N[C@@H](C)c2cnn(C)c2C)s1. The van der Waals surface area contributed by atoms with Crippen LogP contribution < -0.4 is 5.32 Å². The first kappa shape index (κ1) is 15.2. The number of aromatic nitrogens is 2. The Kier molecular flexibility index (Phi) is 4.42. The van der Waals surface area contributed by atoms with Gasteiger partial charge in [0, 0.05) is 18.3 Å². The molecule has 2 rings (SSSR count). The van der Waals surface area contributed by atoms with Crippen LogP contribution in [0.1, 0.15) is 43.6 Å². The first-order chi connectivity index (χ1) is 9.93. The van der Waals surface area contributed by atoms with Gasteiger partial charge in [-0.15, -0.1) is 11.3 Å². The number of methoxy groups -OCH3 is 1. The molecule has 1 N–H and O–H groups in total. The van der Waals surface area contributed by atoms with Crippen LogP contribution in [-0.2, 0) is 11.8 Å². The highest BCUT2D eigenvalue weighted by Gasteiger charge is 2.18. The number of nitrogens with one attached hydrogen (secondary N) is 1. The molecular weight excluding hydrogens is 290 g/mol. The molecule has 0 aliphatic heterocycles. The standard InChI is InChI=1S/C14H17N3O3S/c1-8(10-7-15-17(3)9(10)2)16-13(18)11-5-6-12(21-11)14(19)20-4/h5-8H,1-4H3,(H,16,18)/t8-/m0/s1. The van der Waals surface area contributed by atoms with Crippen molar-refractivity contribution in [1.82, 2.24) is 15.1 Å². The number of carbonyl (C=O) groups is 2. The molecule has 0 saturated carbocycles. The van der Waals surface area contributed by atoms with Gasteiger partial charge < -0.3 is 10.1 Å². The fraction of sp³-hybridized carbons (Fsp3) is 0.357. The van der Waals surface area contributed by atoms with Gasteiger partial charge in [0.25, 0.3) is 5.91 Å². The molecule has 2 aromatic rings. The monoisotopic (exact) mass is 307 g/mol. The smallest absolute Gasteiger partial charge is 0.348 e. The molecule has 2 aromatic heterocycles. The summed E-state index contributed by atoms with van der Waals surface area (Å²) in [5.41, 5.74) is 1.97. The Hall–Kier alpha value is -2.15. The highest BCUT2D eigenvalue weighted by Crippen LogP contribution is 2.20. The van der Waals surface area contributed by atoms with Gasteiger partial charge in [-0.25, -0.2) is 4.79 Å². The zero-order chi connectivity index (χ0) is 15.6. The van der Waals surface area contributed by atoms with Crippen LogP contribution in [0.4, 0.5) is 0 Å². The molecule has 112 valence electrons. The molecular formula is C14H17N3O3S. The molecule has 0 bridgehead atoms. The third kappa shape index (κ3) is 3.13. The Balaban J connectivity index is 2.09. The van der Waals surface area contributed by atoms with E-state index >= 15 is 0 Å². The van der Waals surface area contributed by atoms with Crippen molar-refractivity contribution in [2.45, 2.75) is 19.9 Å². The van der Waals surface area contributed by atoms with Gasteiger partial charge in [0.2, 0.25) is 0 Å². The molecule has 0 saturated heterocycles. The topological polar surface area (TPSA) is 73.2 Å². The summed E-state index contributed by atoms with van der Waals surface area (Å²) in [7, 11) is 3.17. The minimum absolute atomic E-state index is 0.158. The Morgan fingerprint density at radius 2 is 2.05 bits per heavy atom. The van der Waals surface area contributed by atoms with E-state index in [0.29, 0.717) is 9.75 Å². The lowest BCUT2D eigenvalue weighted by atomic mass is 10.1. The number of aryl methyl sites for hydroxylation is 1. The first-order valence-electron chi connectivity index (χ1n) is 6.41. The van der Waals surface area contributed by atoms with Crippen molar-refractivity contribution >= 4 is 23.2 Å². The third-order valence-electron chi connectivity index (χ3n) is 3.30. The maximum Gasteiger partial charge on any atom is 0.348 e. The zero-order valence-corrected chi connectivity index (χ0v) is 13.2. The average molecular weight is 307 g/mol. The number of rotatable bonds is 4. The predicted octanol–water partition coefficient (Wildman–Crippen LogP) is 2.07. The molecule has 0 aliphatic carbocycles. The first-order valence-corrected chi connectivity index (χ1v) is 7.23. The van der Waals surface area contributed by atoms with E-state index in [9.17, 15) is 9.59 Å². The van der Waals surface area contributed by atoms with Gasteiger partial charge in [0.15, 0.2) is 0 Å². The summed E-state index contributed by atoms with van der Waals surface area (Å²) >= 11 is 1.11. The van der Waals surface area contributed by atoms with E-state index in [1.165, 1.54) is 7.11 Å². The molecule has 21 heavy (non-hydrogen) atoms. The second-order valence-electron chi connectivity index (χ2n) is 4.66. The van der Waals surface area contributed by atoms with Crippen molar-refractivity contribution < 1.29 is 14.3 Å². The fourth-order valence-electron chi connectivity index (χ4n) is 1.96. The molecule has 0 fully saturated rings. The molecule has 7 heteroatoms. The second-order valence-corrected chi connectivity index (χ2v) is 5.74. The molecule has 1 atom stereocenters. The maximum absolute atomic E-state index is 12.2. The summed E-state index contributed by atoms with van der Waals surface area (Å²) in [6, 6.07) is 3.05. The van der Waals surface area contributed by atoms with E-state index in [0.717, 1.165) is 22.6 Å². The van der Waals surface area contributed by atoms with Gasteiger partial charge in [-0.1, -0.05) is 0 Å². The van der Waals surface area contributed by atoms with Gasteiger partial charge in [0.05, 0.1) is 24.2 Å². The number of thiophene rings is 1. The minimum atomic E-state index is -0.435. The summed E-state index contributed by atoms with van der Waals surface area (Å²) in [5, 5.41) is 7.07. The quantitative estimate of drug-likeness (QED) is 0.878. The van der Waals surface area contributed by atoms with Gasteiger partial charge in [-0.05, 0) is 26.0 Å². The molecule has 1 amide bonds. The Bertz CT molecular complexity index is 675. The summed E-state index contributed by atoms with van der Waals surface area (Å²) in [4.78, 5) is 24.5. The highest BCUT2D eigenvalue weighted by atomic mass is 32.1. The van der Waals surface area contributed by atoms with E-state index in [1.54, 1.807) is 23.0 Å². The van der Waals surface area contributed by atoms with Crippen LogP contribution in [-0.4, -0.2) is 28.8 Å². The normalized spacial score (nSPS) is 12.0. The van der Waals surface area contributed by atoms with Crippen molar-refractivity contribution in [2.75, 3.05) is 7.11 Å². The average Bonchev–Trinajstić information content (AvgIpc) is 3.06. The van der Waals surface area contributed by atoms with E-state index in [2.05, 4.69) is 15.2 Å². The molecule has 2 heterocycles. The molecule has 0 spiro atoms. The fourth-order valence-corrected chi connectivity index (χ4v) is 2.78. The van der Waals surface area contributed by atoms with Gasteiger partial charge in [-0.2, -0.15) is 5.10 Å². The molecule has 0 unspecified atom stereocenters. The number of ether oxygens (including phenoxy) is 1. The van der Waals surface area contributed by atoms with Crippen LogP contribution in [0.2, 0.25) is 0 Å². The minimum Gasteiger partial charge on any atom is -0.465 e. The lowest BCUT2D eigenvalue weighted by Crippen LogP contribution is -2.26. The van der Waals surface area contributed by atoms with Crippen molar-refractivity contribution in [1.29, 1.82) is 0 Å². The lowest BCUT2D eigenvalue weighted by molar-refractivity contribution is 0.0606.